The summed E-state index contributed by atoms with van der Waals surface area (Å²) >= 11 is 0. The second-order valence-electron chi connectivity index (χ2n) is 6.26. The molecule has 1 aliphatic rings. The van der Waals surface area contributed by atoms with Gasteiger partial charge in [-0.1, -0.05) is 18.2 Å². The zero-order chi connectivity index (χ0) is 17.4. The summed E-state index contributed by atoms with van der Waals surface area (Å²) in [6.07, 6.45) is 5.58. The van der Waals surface area contributed by atoms with Gasteiger partial charge in [-0.15, -0.1) is 0 Å². The maximum Gasteiger partial charge on any atom is 0.416 e. The molecular weight excluding hydrogens is 315 g/mol. The topological polar surface area (TPSA) is 33.0 Å². The van der Waals surface area contributed by atoms with Gasteiger partial charge in [0, 0.05) is 6.08 Å². The van der Waals surface area contributed by atoms with Gasteiger partial charge in [0.05, 0.1) is 24.3 Å². The van der Waals surface area contributed by atoms with Crippen LogP contribution in [0.5, 0.6) is 0 Å². The minimum Gasteiger partial charge on any atom is -0.374 e. The molecule has 0 radical (unpaired) electrons. The predicted molar refractivity (Wildman–Crippen MR) is 86.0 cm³/mol. The third-order valence-corrected chi connectivity index (χ3v) is 4.49. The Kier molecular flexibility index (Phi) is 6.86. The zero-order valence-electron chi connectivity index (χ0n) is 13.6. The highest BCUT2D eigenvalue weighted by Crippen LogP contribution is 2.31. The summed E-state index contributed by atoms with van der Waals surface area (Å²) in [6, 6.07) is 7.16. The van der Waals surface area contributed by atoms with E-state index in [9.17, 15) is 13.2 Å². The Balaban J connectivity index is 1.69. The van der Waals surface area contributed by atoms with Gasteiger partial charge in [-0.3, -0.25) is 0 Å². The molecule has 1 fully saturated rings. The van der Waals surface area contributed by atoms with Gasteiger partial charge < -0.3 is 4.74 Å². The Morgan fingerprint density at radius 2 is 1.79 bits per heavy atom. The maximum atomic E-state index is 12.5. The van der Waals surface area contributed by atoms with Crippen LogP contribution in [0.3, 0.4) is 0 Å². The molecule has 0 aliphatic heterocycles. The number of alkyl halides is 3. The molecule has 0 amide bonds. The van der Waals surface area contributed by atoms with Crippen LogP contribution in [-0.2, 0) is 17.5 Å². The second kappa shape index (κ2) is 8.89. The summed E-state index contributed by atoms with van der Waals surface area (Å²) in [4.78, 5) is 0. The highest BCUT2D eigenvalue weighted by atomic mass is 19.4. The van der Waals surface area contributed by atoms with Crippen LogP contribution in [0.15, 0.2) is 36.4 Å². The van der Waals surface area contributed by atoms with E-state index in [1.165, 1.54) is 18.2 Å². The van der Waals surface area contributed by atoms with Gasteiger partial charge in [0.1, 0.15) is 0 Å². The number of hydrogen-bond donors (Lipinski definition) is 0. The van der Waals surface area contributed by atoms with Gasteiger partial charge in [0.15, 0.2) is 0 Å². The molecule has 2 nitrogen and oxygen atoms in total. The fraction of sp³-hybridized carbons (Fsp3) is 0.526. The molecule has 0 spiro atoms. The van der Waals surface area contributed by atoms with Gasteiger partial charge >= 0.3 is 6.18 Å². The molecule has 1 aliphatic carbocycles. The van der Waals surface area contributed by atoms with Crippen molar-refractivity contribution >= 4 is 0 Å². The number of benzene rings is 1. The Hall–Kier alpha value is -1.80. The molecule has 0 unspecified atom stereocenters. The van der Waals surface area contributed by atoms with Gasteiger partial charge in [0.2, 0.25) is 0 Å². The Labute approximate surface area is 140 Å². The molecular formula is C19H22F3NO. The summed E-state index contributed by atoms with van der Waals surface area (Å²) in [5, 5.41) is 8.44. The van der Waals surface area contributed by atoms with Crippen molar-refractivity contribution in [1.29, 1.82) is 5.26 Å². The van der Waals surface area contributed by atoms with Crippen LogP contribution in [0.1, 0.15) is 49.7 Å². The van der Waals surface area contributed by atoms with E-state index in [1.54, 1.807) is 0 Å². The van der Waals surface area contributed by atoms with E-state index < -0.39 is 11.7 Å². The first-order chi connectivity index (χ1) is 11.5. The zero-order valence-corrected chi connectivity index (χ0v) is 13.6. The maximum absolute atomic E-state index is 12.5. The van der Waals surface area contributed by atoms with Gasteiger partial charge in [0.25, 0.3) is 0 Å². The van der Waals surface area contributed by atoms with E-state index in [2.05, 4.69) is 0 Å². The first-order valence-corrected chi connectivity index (χ1v) is 8.31. The van der Waals surface area contributed by atoms with E-state index >= 15 is 0 Å². The molecule has 1 saturated carbocycles. The largest absolute Gasteiger partial charge is 0.416 e. The van der Waals surface area contributed by atoms with Crippen molar-refractivity contribution in [3.05, 3.63) is 47.5 Å². The SMILES string of the molecule is N#CC=CCC[C@H]1CC[C@H](OCc2ccc(C(F)(F)F)cc2)CC1. The molecule has 1 aromatic carbocycles. The first-order valence-electron chi connectivity index (χ1n) is 8.31. The van der Waals surface area contributed by atoms with Crippen molar-refractivity contribution < 1.29 is 17.9 Å². The summed E-state index contributed by atoms with van der Waals surface area (Å²) in [5.41, 5.74) is 0.143. The smallest absolute Gasteiger partial charge is 0.374 e. The average Bonchev–Trinajstić information content (AvgIpc) is 2.57. The highest BCUT2D eigenvalue weighted by molar-refractivity contribution is 5.24. The van der Waals surface area contributed by atoms with Gasteiger partial charge in [-0.2, -0.15) is 18.4 Å². The molecule has 0 saturated heterocycles. The quantitative estimate of drug-likeness (QED) is 0.629. The number of hydrogen-bond acceptors (Lipinski definition) is 2. The molecule has 5 heteroatoms. The summed E-state index contributed by atoms with van der Waals surface area (Å²) in [6.45, 7) is 0.360. The number of rotatable bonds is 6. The average molecular weight is 337 g/mol. The molecule has 1 aromatic rings. The second-order valence-corrected chi connectivity index (χ2v) is 6.26. The first kappa shape index (κ1) is 18.5. The lowest BCUT2D eigenvalue weighted by Crippen LogP contribution is -2.21. The number of nitriles is 1. The van der Waals surface area contributed by atoms with Crippen LogP contribution in [-0.4, -0.2) is 6.10 Å². The lowest BCUT2D eigenvalue weighted by molar-refractivity contribution is -0.137. The molecule has 24 heavy (non-hydrogen) atoms. The third-order valence-electron chi connectivity index (χ3n) is 4.49. The lowest BCUT2D eigenvalue weighted by atomic mass is 9.84. The van der Waals surface area contributed by atoms with Crippen LogP contribution < -0.4 is 0 Å². The Morgan fingerprint density at radius 3 is 2.38 bits per heavy atom. The molecule has 0 N–H and O–H groups in total. The van der Waals surface area contributed by atoms with Crippen LogP contribution in [0.4, 0.5) is 13.2 Å². The minimum atomic E-state index is -4.29. The number of halogens is 3. The van der Waals surface area contributed by atoms with E-state index in [-0.39, 0.29) is 6.10 Å². The van der Waals surface area contributed by atoms with Crippen LogP contribution in [0.2, 0.25) is 0 Å². The van der Waals surface area contributed by atoms with Crippen LogP contribution in [0, 0.1) is 17.2 Å². The summed E-state index contributed by atoms with van der Waals surface area (Å²) in [5.74, 6) is 0.680. The van der Waals surface area contributed by atoms with Crippen molar-refractivity contribution in [2.24, 2.45) is 5.92 Å². The summed E-state index contributed by atoms with van der Waals surface area (Å²) in [7, 11) is 0. The minimum absolute atomic E-state index is 0.193. The molecule has 0 atom stereocenters. The molecule has 0 heterocycles. The van der Waals surface area contributed by atoms with Crippen molar-refractivity contribution in [1.82, 2.24) is 0 Å². The Morgan fingerprint density at radius 1 is 1.12 bits per heavy atom. The van der Waals surface area contributed by atoms with Crippen molar-refractivity contribution in [2.75, 3.05) is 0 Å². The number of allylic oxidation sites excluding steroid dienone is 2. The molecule has 130 valence electrons. The Bertz CT molecular complexity index is 564. The van der Waals surface area contributed by atoms with Gasteiger partial charge in [-0.25, -0.2) is 0 Å². The normalized spacial score (nSPS) is 21.8. The van der Waals surface area contributed by atoms with Crippen LogP contribution in [0.25, 0.3) is 0 Å². The predicted octanol–water partition coefficient (Wildman–Crippen LogP) is 5.64. The third kappa shape index (κ3) is 6.01. The number of nitrogens with zero attached hydrogens (tertiary/aromatic N) is 1. The van der Waals surface area contributed by atoms with E-state index in [0.717, 1.165) is 56.2 Å². The highest BCUT2D eigenvalue weighted by Gasteiger charge is 2.30. The monoisotopic (exact) mass is 337 g/mol. The van der Waals surface area contributed by atoms with E-state index in [0.29, 0.717) is 12.5 Å². The standard InChI is InChI=1S/C19H22F3NO/c20-19(21,22)17-9-5-16(6-10-17)14-24-18-11-7-15(8-12-18)4-2-1-3-13-23/h1,3,5-6,9-10,15,18H,2,4,7-8,11-12,14H2/t15-,18-. The van der Waals surface area contributed by atoms with E-state index in [1.807, 2.05) is 12.1 Å². The van der Waals surface area contributed by atoms with Gasteiger partial charge in [-0.05, 0) is 62.1 Å². The van der Waals surface area contributed by atoms with Crippen molar-refractivity contribution in [3.8, 4) is 6.07 Å². The van der Waals surface area contributed by atoms with Crippen molar-refractivity contribution in [2.45, 2.75) is 57.4 Å². The fourth-order valence-corrected chi connectivity index (χ4v) is 3.06. The lowest BCUT2D eigenvalue weighted by Gasteiger charge is -2.28. The van der Waals surface area contributed by atoms with Crippen LogP contribution >= 0.6 is 0 Å². The molecule has 0 aromatic heterocycles. The molecule has 0 bridgehead atoms. The fourth-order valence-electron chi connectivity index (χ4n) is 3.06. The number of ether oxygens (including phenoxy) is 1. The van der Waals surface area contributed by atoms with Crippen molar-refractivity contribution in [3.63, 3.8) is 0 Å². The molecule has 2 rings (SSSR count). The summed E-state index contributed by atoms with van der Waals surface area (Å²) < 4.78 is 43.4. The van der Waals surface area contributed by atoms with E-state index in [4.69, 9.17) is 10.00 Å².